The third kappa shape index (κ3) is 1.44. The van der Waals surface area contributed by atoms with E-state index in [-0.39, 0.29) is 0 Å². The van der Waals surface area contributed by atoms with Crippen LogP contribution < -0.4 is 0 Å². The van der Waals surface area contributed by atoms with Crippen molar-refractivity contribution < 1.29 is 4.74 Å². The number of aliphatic imine (C=N–C) groups is 1. The predicted octanol–water partition coefficient (Wildman–Crippen LogP) is 1.41. The van der Waals surface area contributed by atoms with Gasteiger partial charge in [0.1, 0.15) is 6.61 Å². The SMILES string of the molecule is c1cnc2cc(C3=NCCO3)ccc2n1. The summed E-state index contributed by atoms with van der Waals surface area (Å²) in [5.74, 6) is 0.711. The van der Waals surface area contributed by atoms with Crippen molar-refractivity contribution in [3.8, 4) is 0 Å². The van der Waals surface area contributed by atoms with E-state index in [0.29, 0.717) is 12.5 Å². The minimum Gasteiger partial charge on any atom is -0.476 e. The van der Waals surface area contributed by atoms with Crippen molar-refractivity contribution in [1.29, 1.82) is 0 Å². The Morgan fingerprint density at radius 3 is 2.73 bits per heavy atom. The van der Waals surface area contributed by atoms with Crippen LogP contribution in [0.5, 0.6) is 0 Å². The molecule has 1 aromatic heterocycles. The van der Waals surface area contributed by atoms with Gasteiger partial charge in [0.05, 0.1) is 17.6 Å². The molecule has 2 heterocycles. The number of rotatable bonds is 1. The van der Waals surface area contributed by atoms with Crippen molar-refractivity contribution in [3.05, 3.63) is 36.2 Å². The fourth-order valence-corrected chi connectivity index (χ4v) is 1.61. The number of hydrogen-bond acceptors (Lipinski definition) is 4. The van der Waals surface area contributed by atoms with E-state index in [4.69, 9.17) is 4.74 Å². The molecule has 4 nitrogen and oxygen atoms in total. The molecule has 4 heteroatoms. The second-order valence-electron chi connectivity index (χ2n) is 3.30. The first-order valence-electron chi connectivity index (χ1n) is 4.82. The Kier molecular flexibility index (Phi) is 1.84. The van der Waals surface area contributed by atoms with E-state index in [1.54, 1.807) is 12.4 Å². The summed E-state index contributed by atoms with van der Waals surface area (Å²) in [6.45, 7) is 1.42. The maximum atomic E-state index is 5.39. The first kappa shape index (κ1) is 8.35. The quantitative estimate of drug-likeness (QED) is 0.697. The number of hydrogen-bond donors (Lipinski definition) is 0. The Hall–Kier alpha value is -1.97. The fourth-order valence-electron chi connectivity index (χ4n) is 1.61. The first-order valence-corrected chi connectivity index (χ1v) is 4.82. The molecule has 74 valence electrons. The molecule has 2 aromatic rings. The monoisotopic (exact) mass is 199 g/mol. The third-order valence-corrected chi connectivity index (χ3v) is 2.30. The highest BCUT2D eigenvalue weighted by atomic mass is 16.5. The van der Waals surface area contributed by atoms with Gasteiger partial charge in [0, 0.05) is 18.0 Å². The fraction of sp³-hybridized carbons (Fsp3) is 0.182. The molecule has 1 aromatic carbocycles. The standard InChI is InChI=1S/C11H9N3O/c1-2-9-10(13-4-3-12-9)7-8(1)11-14-5-6-15-11/h1-4,7H,5-6H2. The lowest BCUT2D eigenvalue weighted by atomic mass is 10.2. The number of nitrogens with zero attached hydrogens (tertiary/aromatic N) is 3. The number of benzene rings is 1. The molecule has 15 heavy (non-hydrogen) atoms. The summed E-state index contributed by atoms with van der Waals surface area (Å²) in [4.78, 5) is 12.7. The molecule has 0 saturated carbocycles. The maximum Gasteiger partial charge on any atom is 0.216 e. The van der Waals surface area contributed by atoms with Gasteiger partial charge in [-0.1, -0.05) is 0 Å². The van der Waals surface area contributed by atoms with Crippen molar-refractivity contribution in [2.24, 2.45) is 4.99 Å². The number of ether oxygens (including phenoxy) is 1. The molecule has 3 rings (SSSR count). The molecule has 0 saturated heterocycles. The summed E-state index contributed by atoms with van der Waals surface area (Å²) in [5.41, 5.74) is 2.73. The molecule has 1 aliphatic heterocycles. The van der Waals surface area contributed by atoms with Gasteiger partial charge < -0.3 is 4.74 Å². The summed E-state index contributed by atoms with van der Waals surface area (Å²) >= 11 is 0. The first-order chi connectivity index (χ1) is 7.43. The zero-order valence-electron chi connectivity index (χ0n) is 8.05. The maximum absolute atomic E-state index is 5.39. The van der Waals surface area contributed by atoms with E-state index in [9.17, 15) is 0 Å². The van der Waals surface area contributed by atoms with Crippen LogP contribution in [0.3, 0.4) is 0 Å². The van der Waals surface area contributed by atoms with Gasteiger partial charge in [0.25, 0.3) is 0 Å². The van der Waals surface area contributed by atoms with Crippen LogP contribution in [0.2, 0.25) is 0 Å². The molecular formula is C11H9N3O. The molecule has 0 unspecified atom stereocenters. The zero-order chi connectivity index (χ0) is 10.1. The lowest BCUT2D eigenvalue weighted by molar-refractivity contribution is 0.348. The van der Waals surface area contributed by atoms with Crippen LogP contribution in [0.1, 0.15) is 5.56 Å². The van der Waals surface area contributed by atoms with E-state index in [1.807, 2.05) is 18.2 Å². The van der Waals surface area contributed by atoms with E-state index in [1.165, 1.54) is 0 Å². The van der Waals surface area contributed by atoms with Gasteiger partial charge >= 0.3 is 0 Å². The highest BCUT2D eigenvalue weighted by molar-refractivity contribution is 5.97. The molecular weight excluding hydrogens is 190 g/mol. The second kappa shape index (κ2) is 3.31. The van der Waals surface area contributed by atoms with E-state index in [2.05, 4.69) is 15.0 Å². The Morgan fingerprint density at radius 1 is 1.07 bits per heavy atom. The number of aromatic nitrogens is 2. The highest BCUT2D eigenvalue weighted by Crippen LogP contribution is 2.13. The topological polar surface area (TPSA) is 47.4 Å². The lowest BCUT2D eigenvalue weighted by Crippen LogP contribution is -2.01. The Balaban J connectivity index is 2.13. The Morgan fingerprint density at radius 2 is 1.93 bits per heavy atom. The van der Waals surface area contributed by atoms with E-state index in [0.717, 1.165) is 23.1 Å². The second-order valence-corrected chi connectivity index (χ2v) is 3.30. The van der Waals surface area contributed by atoms with Crippen LogP contribution in [0.25, 0.3) is 11.0 Å². The normalized spacial score (nSPS) is 15.1. The van der Waals surface area contributed by atoms with Crippen LogP contribution in [-0.2, 0) is 4.74 Å². The average molecular weight is 199 g/mol. The van der Waals surface area contributed by atoms with Crippen LogP contribution >= 0.6 is 0 Å². The van der Waals surface area contributed by atoms with Crippen LogP contribution in [-0.4, -0.2) is 29.0 Å². The van der Waals surface area contributed by atoms with Gasteiger partial charge in [-0.2, -0.15) is 0 Å². The van der Waals surface area contributed by atoms with Gasteiger partial charge in [-0.3, -0.25) is 9.97 Å². The summed E-state index contributed by atoms with van der Waals surface area (Å²) in [7, 11) is 0. The smallest absolute Gasteiger partial charge is 0.216 e. The summed E-state index contributed by atoms with van der Waals surface area (Å²) < 4.78 is 5.39. The lowest BCUT2D eigenvalue weighted by Gasteiger charge is -2.02. The molecule has 0 N–H and O–H groups in total. The molecule has 0 radical (unpaired) electrons. The third-order valence-electron chi connectivity index (χ3n) is 2.30. The average Bonchev–Trinajstić information content (AvgIpc) is 2.82. The van der Waals surface area contributed by atoms with Crippen molar-refractivity contribution in [2.75, 3.05) is 13.2 Å². The van der Waals surface area contributed by atoms with E-state index >= 15 is 0 Å². The van der Waals surface area contributed by atoms with Crippen molar-refractivity contribution >= 4 is 16.9 Å². The minimum atomic E-state index is 0.674. The largest absolute Gasteiger partial charge is 0.476 e. The summed E-state index contributed by atoms with van der Waals surface area (Å²) in [5, 5.41) is 0. The van der Waals surface area contributed by atoms with E-state index < -0.39 is 0 Å². The van der Waals surface area contributed by atoms with Crippen LogP contribution in [0.15, 0.2) is 35.6 Å². The highest BCUT2D eigenvalue weighted by Gasteiger charge is 2.10. The van der Waals surface area contributed by atoms with Crippen LogP contribution in [0, 0.1) is 0 Å². The molecule has 0 bridgehead atoms. The summed E-state index contributed by atoms with van der Waals surface area (Å²) in [6.07, 6.45) is 3.37. The Bertz CT molecular complexity index is 536. The summed E-state index contributed by atoms with van der Waals surface area (Å²) in [6, 6.07) is 5.84. The molecule has 0 spiro atoms. The van der Waals surface area contributed by atoms with Crippen molar-refractivity contribution in [1.82, 2.24) is 9.97 Å². The van der Waals surface area contributed by atoms with Gasteiger partial charge in [-0.15, -0.1) is 0 Å². The van der Waals surface area contributed by atoms with Gasteiger partial charge in [0.15, 0.2) is 0 Å². The number of fused-ring (bicyclic) bond motifs is 1. The molecule has 0 amide bonds. The van der Waals surface area contributed by atoms with Crippen LogP contribution in [0.4, 0.5) is 0 Å². The van der Waals surface area contributed by atoms with Crippen molar-refractivity contribution in [3.63, 3.8) is 0 Å². The molecule has 0 atom stereocenters. The van der Waals surface area contributed by atoms with Gasteiger partial charge in [0.2, 0.25) is 5.90 Å². The molecule has 1 aliphatic rings. The molecule has 0 aliphatic carbocycles. The predicted molar refractivity (Wildman–Crippen MR) is 56.9 cm³/mol. The Labute approximate surface area is 86.7 Å². The minimum absolute atomic E-state index is 0.674. The zero-order valence-corrected chi connectivity index (χ0v) is 8.05. The molecule has 0 fully saturated rings. The van der Waals surface area contributed by atoms with Crippen molar-refractivity contribution in [2.45, 2.75) is 0 Å². The van der Waals surface area contributed by atoms with Gasteiger partial charge in [-0.05, 0) is 18.2 Å². The van der Waals surface area contributed by atoms with Gasteiger partial charge in [-0.25, -0.2) is 4.99 Å².